The van der Waals surface area contributed by atoms with Crippen LogP contribution in [0.2, 0.25) is 0 Å². The van der Waals surface area contributed by atoms with Crippen molar-refractivity contribution in [3.8, 4) is 0 Å². The molecule has 0 spiro atoms. The van der Waals surface area contributed by atoms with Gasteiger partial charge in [0.2, 0.25) is 11.8 Å². The molecule has 2 aliphatic heterocycles. The van der Waals surface area contributed by atoms with Crippen LogP contribution in [0.5, 0.6) is 0 Å². The number of piperidine rings is 1. The van der Waals surface area contributed by atoms with E-state index in [-0.39, 0.29) is 30.9 Å². The van der Waals surface area contributed by atoms with Crippen molar-refractivity contribution in [3.05, 3.63) is 11.7 Å². The fraction of sp³-hybridized carbons (Fsp3) is 0.824. The summed E-state index contributed by atoms with van der Waals surface area (Å²) >= 11 is 0. The summed E-state index contributed by atoms with van der Waals surface area (Å²) in [5.41, 5.74) is 0. The van der Waals surface area contributed by atoms with Gasteiger partial charge < -0.3 is 14.7 Å². The molecule has 9 heteroatoms. The predicted molar refractivity (Wildman–Crippen MR) is 105 cm³/mol. The van der Waals surface area contributed by atoms with Crippen molar-refractivity contribution in [3.63, 3.8) is 0 Å². The number of rotatable bonds is 5. The van der Waals surface area contributed by atoms with E-state index in [9.17, 15) is 4.79 Å². The number of piperazine rings is 1. The molecule has 2 aliphatic rings. The van der Waals surface area contributed by atoms with Crippen molar-refractivity contribution in [2.45, 2.75) is 45.6 Å². The van der Waals surface area contributed by atoms with E-state index < -0.39 is 0 Å². The molecule has 0 saturated carbocycles. The normalized spacial score (nSPS) is 20.2. The average molecular weight is 408 g/mol. The van der Waals surface area contributed by atoms with E-state index in [1.165, 1.54) is 12.8 Å². The Labute approximate surface area is 168 Å². The number of carbonyl (C=O) groups excluding carboxylic acids is 1. The molecule has 0 aliphatic carbocycles. The molecule has 1 aromatic rings. The first-order valence-electron chi connectivity index (χ1n) is 9.16. The highest BCUT2D eigenvalue weighted by Gasteiger charge is 2.27. The quantitative estimate of drug-likeness (QED) is 0.805. The van der Waals surface area contributed by atoms with Gasteiger partial charge in [-0.2, -0.15) is 4.98 Å². The number of aromatic nitrogens is 2. The molecule has 7 nitrogen and oxygen atoms in total. The summed E-state index contributed by atoms with van der Waals surface area (Å²) in [5.74, 6) is 2.37. The second kappa shape index (κ2) is 11.1. The Balaban J connectivity index is 0.00000169. The van der Waals surface area contributed by atoms with Gasteiger partial charge in [-0.05, 0) is 52.1 Å². The lowest BCUT2D eigenvalue weighted by Crippen LogP contribution is -2.49. The summed E-state index contributed by atoms with van der Waals surface area (Å²) < 4.78 is 5.27. The van der Waals surface area contributed by atoms with E-state index in [0.717, 1.165) is 51.6 Å². The van der Waals surface area contributed by atoms with Crippen LogP contribution in [0.1, 0.15) is 50.4 Å². The Morgan fingerprint density at radius 3 is 2.46 bits per heavy atom. The molecule has 0 aromatic carbocycles. The predicted octanol–water partition coefficient (Wildman–Crippen LogP) is 2.21. The third-order valence-electron chi connectivity index (χ3n) is 5.34. The Bertz CT molecular complexity index is 543. The second-order valence-corrected chi connectivity index (χ2v) is 7.00. The molecule has 3 heterocycles. The fourth-order valence-electron chi connectivity index (χ4n) is 3.65. The lowest BCUT2D eigenvalue weighted by molar-refractivity contribution is -0.133. The van der Waals surface area contributed by atoms with Crippen molar-refractivity contribution in [2.75, 3.05) is 39.3 Å². The highest BCUT2D eigenvalue weighted by atomic mass is 35.5. The van der Waals surface area contributed by atoms with Gasteiger partial charge in [0.25, 0.3) is 0 Å². The summed E-state index contributed by atoms with van der Waals surface area (Å²) in [6.07, 6.45) is 4.16. The summed E-state index contributed by atoms with van der Waals surface area (Å²) in [7, 11) is 0. The minimum atomic E-state index is 0. The van der Waals surface area contributed by atoms with Crippen LogP contribution in [0.15, 0.2) is 4.52 Å². The fourth-order valence-corrected chi connectivity index (χ4v) is 3.65. The van der Waals surface area contributed by atoms with Gasteiger partial charge in [0.1, 0.15) is 0 Å². The van der Waals surface area contributed by atoms with Gasteiger partial charge in [-0.25, -0.2) is 0 Å². The number of carbonyl (C=O) groups is 1. The molecule has 26 heavy (non-hydrogen) atoms. The number of nitrogens with zero attached hydrogens (tertiary/aromatic N) is 4. The van der Waals surface area contributed by atoms with Crippen molar-refractivity contribution < 1.29 is 9.32 Å². The van der Waals surface area contributed by atoms with Gasteiger partial charge >= 0.3 is 0 Å². The van der Waals surface area contributed by atoms with Gasteiger partial charge in [0, 0.05) is 32.6 Å². The van der Waals surface area contributed by atoms with Crippen LogP contribution in [0.4, 0.5) is 0 Å². The van der Waals surface area contributed by atoms with Gasteiger partial charge in [-0.3, -0.25) is 9.69 Å². The van der Waals surface area contributed by atoms with E-state index in [1.54, 1.807) is 0 Å². The van der Waals surface area contributed by atoms with E-state index in [1.807, 2.05) is 11.8 Å². The van der Waals surface area contributed by atoms with Crippen LogP contribution >= 0.6 is 24.8 Å². The van der Waals surface area contributed by atoms with Gasteiger partial charge in [0.05, 0.1) is 6.04 Å². The topological polar surface area (TPSA) is 74.5 Å². The van der Waals surface area contributed by atoms with Crippen LogP contribution in [-0.2, 0) is 4.79 Å². The van der Waals surface area contributed by atoms with E-state index >= 15 is 0 Å². The number of hydrogen-bond acceptors (Lipinski definition) is 6. The largest absolute Gasteiger partial charge is 0.340 e. The maximum Gasteiger partial charge on any atom is 0.243 e. The van der Waals surface area contributed by atoms with Gasteiger partial charge in [0.15, 0.2) is 5.82 Å². The zero-order valence-corrected chi connectivity index (χ0v) is 17.3. The first-order valence-corrected chi connectivity index (χ1v) is 9.16. The monoisotopic (exact) mass is 407 g/mol. The lowest BCUT2D eigenvalue weighted by Gasteiger charge is -2.37. The molecule has 2 fully saturated rings. The number of nitrogens with one attached hydrogen (secondary N) is 1. The number of halogens is 2. The number of hydrogen-bond donors (Lipinski definition) is 1. The molecule has 150 valence electrons. The Hall–Kier alpha value is -0.890. The molecule has 3 rings (SSSR count). The van der Waals surface area contributed by atoms with Crippen molar-refractivity contribution >= 4 is 30.7 Å². The Kier molecular flexibility index (Phi) is 9.85. The second-order valence-electron chi connectivity index (χ2n) is 7.00. The van der Waals surface area contributed by atoms with Crippen molar-refractivity contribution in [2.24, 2.45) is 5.92 Å². The highest BCUT2D eigenvalue weighted by Crippen LogP contribution is 2.22. The molecule has 1 N–H and O–H groups in total. The van der Waals surface area contributed by atoms with E-state index in [2.05, 4.69) is 27.3 Å². The Morgan fingerprint density at radius 2 is 1.88 bits per heavy atom. The first-order chi connectivity index (χ1) is 11.6. The van der Waals surface area contributed by atoms with Crippen LogP contribution in [0, 0.1) is 12.8 Å². The van der Waals surface area contributed by atoms with Gasteiger partial charge in [-0.1, -0.05) is 5.16 Å². The average Bonchev–Trinajstić information content (AvgIpc) is 3.06. The minimum Gasteiger partial charge on any atom is -0.340 e. The van der Waals surface area contributed by atoms with Crippen LogP contribution < -0.4 is 5.32 Å². The summed E-state index contributed by atoms with van der Waals surface area (Å²) in [6, 6.07) is 0.109. The molecule has 0 radical (unpaired) electrons. The van der Waals surface area contributed by atoms with E-state index in [4.69, 9.17) is 4.52 Å². The standard InChI is InChI=1S/C17H29N5O2.2ClH/c1-13(17-19-14(2)20-24-17)21-9-11-22(12-10-21)16(23)4-3-15-5-7-18-8-6-15;;/h13,15,18H,3-12H2,1-2H3;2*1H. The van der Waals surface area contributed by atoms with Crippen LogP contribution in [-0.4, -0.2) is 65.1 Å². The molecule has 0 bridgehead atoms. The smallest absolute Gasteiger partial charge is 0.243 e. The third kappa shape index (κ3) is 6.08. The van der Waals surface area contributed by atoms with Crippen LogP contribution in [0.3, 0.4) is 0 Å². The highest BCUT2D eigenvalue weighted by molar-refractivity contribution is 5.85. The van der Waals surface area contributed by atoms with E-state index in [0.29, 0.717) is 24.0 Å². The SMILES string of the molecule is Cc1noc(C(C)N2CCN(C(=O)CCC3CCNCC3)CC2)n1.Cl.Cl. The molecule has 1 unspecified atom stereocenters. The third-order valence-corrected chi connectivity index (χ3v) is 5.34. The number of amides is 1. The van der Waals surface area contributed by atoms with Crippen molar-refractivity contribution in [1.29, 1.82) is 0 Å². The zero-order valence-electron chi connectivity index (χ0n) is 15.6. The zero-order chi connectivity index (χ0) is 16.9. The summed E-state index contributed by atoms with van der Waals surface area (Å²) in [4.78, 5) is 21.1. The molecule has 1 aromatic heterocycles. The first kappa shape index (κ1) is 23.1. The Morgan fingerprint density at radius 1 is 1.23 bits per heavy atom. The molecular formula is C17H31Cl2N5O2. The minimum absolute atomic E-state index is 0. The summed E-state index contributed by atoms with van der Waals surface area (Å²) in [6.45, 7) is 9.43. The summed E-state index contributed by atoms with van der Waals surface area (Å²) in [5, 5.41) is 7.24. The number of aryl methyl sites for hydroxylation is 1. The molecule has 1 atom stereocenters. The molecule has 2 saturated heterocycles. The van der Waals surface area contributed by atoms with Crippen molar-refractivity contribution in [1.82, 2.24) is 25.3 Å². The maximum absolute atomic E-state index is 12.4. The molecular weight excluding hydrogens is 377 g/mol. The van der Waals surface area contributed by atoms with Crippen LogP contribution in [0.25, 0.3) is 0 Å². The maximum atomic E-state index is 12.4. The lowest BCUT2D eigenvalue weighted by atomic mass is 9.93. The molecule has 1 amide bonds. The van der Waals surface area contributed by atoms with Gasteiger partial charge in [-0.15, -0.1) is 24.8 Å².